The molecule has 8 aromatic carbocycles. The van der Waals surface area contributed by atoms with E-state index in [-0.39, 0.29) is 0 Å². The molecule has 0 saturated heterocycles. The molecule has 0 aliphatic heterocycles. The molecule has 5 aromatic heterocycles. The summed E-state index contributed by atoms with van der Waals surface area (Å²) in [6.45, 7) is 0. The summed E-state index contributed by atoms with van der Waals surface area (Å²) >= 11 is 0. The fourth-order valence-electron chi connectivity index (χ4n) is 9.52. The summed E-state index contributed by atoms with van der Waals surface area (Å²) in [5.41, 5.74) is 12.6. The number of hydrogen-bond donors (Lipinski definition) is 0. The first-order valence-electron chi connectivity index (χ1n) is 21.1. The predicted molar refractivity (Wildman–Crippen MR) is 257 cm³/mol. The molecule has 5 heterocycles. The van der Waals surface area contributed by atoms with Crippen LogP contribution in [0.2, 0.25) is 0 Å². The molecule has 13 rings (SSSR count). The lowest BCUT2D eigenvalue weighted by Gasteiger charge is -2.11. The number of benzene rings is 8. The normalized spacial score (nSPS) is 11.8. The van der Waals surface area contributed by atoms with Crippen molar-refractivity contribution < 1.29 is 0 Å². The van der Waals surface area contributed by atoms with E-state index < -0.39 is 0 Å². The van der Waals surface area contributed by atoms with Gasteiger partial charge in [-0.25, -0.2) is 19.9 Å². The van der Waals surface area contributed by atoms with Crippen LogP contribution in [0.4, 0.5) is 0 Å². The smallest absolute Gasteiger partial charge is 0.164 e. The van der Waals surface area contributed by atoms with Crippen molar-refractivity contribution in [3.05, 3.63) is 212 Å². The maximum atomic E-state index is 5.13. The molecule has 63 heavy (non-hydrogen) atoms. The van der Waals surface area contributed by atoms with Gasteiger partial charge in [0.1, 0.15) is 5.65 Å². The molecule has 13 aromatic rings. The van der Waals surface area contributed by atoms with E-state index in [1.165, 1.54) is 21.8 Å². The first-order valence-corrected chi connectivity index (χ1v) is 21.1. The topological polar surface area (TPSA) is 66.3 Å². The molecule has 0 amide bonds. The third-order valence-corrected chi connectivity index (χ3v) is 12.3. The number of pyridine rings is 1. The molecule has 0 aliphatic rings. The van der Waals surface area contributed by atoms with Crippen LogP contribution in [-0.4, -0.2) is 33.6 Å². The fraction of sp³-hybridized carbons (Fsp3) is 0. The lowest BCUT2D eigenvalue weighted by molar-refractivity contribution is 1.07. The molecular weight excluding hydrogens is 771 g/mol. The second-order valence-corrected chi connectivity index (χ2v) is 15.9. The van der Waals surface area contributed by atoms with Crippen molar-refractivity contribution in [3.63, 3.8) is 0 Å². The van der Waals surface area contributed by atoms with Crippen LogP contribution in [0.5, 0.6) is 0 Å². The highest BCUT2D eigenvalue weighted by atomic mass is 15.1. The second-order valence-electron chi connectivity index (χ2n) is 15.9. The average molecular weight is 806 g/mol. The van der Waals surface area contributed by atoms with Crippen LogP contribution < -0.4 is 0 Å². The van der Waals surface area contributed by atoms with E-state index in [2.05, 4.69) is 153 Å². The van der Waals surface area contributed by atoms with E-state index in [0.717, 1.165) is 77.5 Å². The molecule has 0 atom stereocenters. The molecule has 0 unspecified atom stereocenters. The number of fused-ring (bicyclic) bond motifs is 9. The van der Waals surface area contributed by atoms with Crippen molar-refractivity contribution in [3.8, 4) is 51.2 Å². The van der Waals surface area contributed by atoms with Gasteiger partial charge in [0, 0.05) is 72.3 Å². The Morgan fingerprint density at radius 1 is 0.270 bits per heavy atom. The Bertz CT molecular complexity index is 3790. The third kappa shape index (κ3) is 5.53. The minimum Gasteiger partial charge on any atom is -0.309 e. The molecule has 294 valence electrons. The predicted octanol–water partition coefficient (Wildman–Crippen LogP) is 13.6. The molecule has 0 radical (unpaired) electrons. The van der Waals surface area contributed by atoms with E-state index >= 15 is 0 Å². The maximum Gasteiger partial charge on any atom is 0.164 e. The van der Waals surface area contributed by atoms with Crippen LogP contribution in [0.15, 0.2) is 212 Å². The number of rotatable bonds is 6. The number of nitrogens with zero attached hydrogens (tertiary/aromatic N) is 7. The van der Waals surface area contributed by atoms with E-state index in [9.17, 15) is 0 Å². The van der Waals surface area contributed by atoms with Crippen molar-refractivity contribution in [2.75, 3.05) is 0 Å². The summed E-state index contributed by atoms with van der Waals surface area (Å²) in [6, 6.07) is 72.6. The molecule has 0 aliphatic carbocycles. The van der Waals surface area contributed by atoms with Crippen LogP contribution in [-0.2, 0) is 0 Å². The Morgan fingerprint density at radius 3 is 1.29 bits per heavy atom. The van der Waals surface area contributed by atoms with Gasteiger partial charge in [-0.05, 0) is 91.0 Å². The van der Waals surface area contributed by atoms with E-state index in [1.807, 2.05) is 72.9 Å². The first-order chi connectivity index (χ1) is 31.2. The number of aromatic nitrogens is 7. The zero-order valence-corrected chi connectivity index (χ0v) is 33.8. The second kappa shape index (κ2) is 13.9. The van der Waals surface area contributed by atoms with Crippen molar-refractivity contribution in [1.29, 1.82) is 0 Å². The molecule has 0 fully saturated rings. The Hall–Kier alpha value is -8.68. The fourth-order valence-corrected chi connectivity index (χ4v) is 9.52. The van der Waals surface area contributed by atoms with Crippen LogP contribution >= 0.6 is 0 Å². The van der Waals surface area contributed by atoms with E-state index in [0.29, 0.717) is 17.5 Å². The third-order valence-electron chi connectivity index (χ3n) is 12.3. The molecule has 7 heteroatoms. The molecule has 0 saturated carbocycles. The summed E-state index contributed by atoms with van der Waals surface area (Å²) in [5.74, 6) is 1.88. The summed E-state index contributed by atoms with van der Waals surface area (Å²) in [4.78, 5) is 20.1. The van der Waals surface area contributed by atoms with Gasteiger partial charge in [-0.2, -0.15) is 0 Å². The van der Waals surface area contributed by atoms with Crippen molar-refractivity contribution in [1.82, 2.24) is 33.6 Å². The van der Waals surface area contributed by atoms with Gasteiger partial charge in [0.2, 0.25) is 0 Å². The highest BCUT2D eigenvalue weighted by molar-refractivity contribution is 6.14. The van der Waals surface area contributed by atoms with Crippen molar-refractivity contribution >= 4 is 65.5 Å². The Morgan fingerprint density at radius 2 is 0.698 bits per heavy atom. The highest BCUT2D eigenvalue weighted by Crippen LogP contribution is 2.40. The minimum absolute atomic E-state index is 0.617. The lowest BCUT2D eigenvalue weighted by Crippen LogP contribution is -2.00. The van der Waals surface area contributed by atoms with Crippen LogP contribution in [0.3, 0.4) is 0 Å². The molecule has 7 nitrogen and oxygen atoms in total. The standard InChI is InChI=1S/C56H35N7/c1-4-15-36(16-5-1)53-58-54(37-17-6-2-7-18-37)60-55(59-53)38-26-29-50-45(33-38)47-35-41(61-48-24-12-10-21-42(48)43-22-11-13-25-49(43)61)27-30-51(47)62(50)40-28-31-52-46(34-40)44-23-14-32-57-56(44)63(52)39-19-8-3-9-20-39/h1-35H. The van der Waals surface area contributed by atoms with Crippen molar-refractivity contribution in [2.45, 2.75) is 0 Å². The minimum atomic E-state index is 0.617. The van der Waals surface area contributed by atoms with Gasteiger partial charge in [0.05, 0.1) is 27.6 Å². The molecule has 0 N–H and O–H groups in total. The van der Waals surface area contributed by atoms with Gasteiger partial charge < -0.3 is 9.13 Å². The molecular formula is C56H35N7. The van der Waals surface area contributed by atoms with Crippen LogP contribution in [0.1, 0.15) is 0 Å². The quantitative estimate of drug-likeness (QED) is 0.168. The van der Waals surface area contributed by atoms with E-state index in [4.69, 9.17) is 19.9 Å². The van der Waals surface area contributed by atoms with Gasteiger partial charge in [-0.3, -0.25) is 4.57 Å². The number of para-hydroxylation sites is 3. The van der Waals surface area contributed by atoms with Gasteiger partial charge in [0.25, 0.3) is 0 Å². The summed E-state index contributed by atoms with van der Waals surface area (Å²) in [5, 5.41) is 6.93. The summed E-state index contributed by atoms with van der Waals surface area (Å²) in [6.07, 6.45) is 1.87. The van der Waals surface area contributed by atoms with E-state index in [1.54, 1.807) is 0 Å². The molecule has 0 spiro atoms. The van der Waals surface area contributed by atoms with Gasteiger partial charge >= 0.3 is 0 Å². The van der Waals surface area contributed by atoms with Crippen molar-refractivity contribution in [2.24, 2.45) is 0 Å². The maximum absolute atomic E-state index is 5.13. The Labute approximate surface area is 361 Å². The largest absolute Gasteiger partial charge is 0.309 e. The van der Waals surface area contributed by atoms with Gasteiger partial charge in [-0.15, -0.1) is 0 Å². The van der Waals surface area contributed by atoms with Gasteiger partial charge in [-0.1, -0.05) is 115 Å². The monoisotopic (exact) mass is 805 g/mol. The molecule has 0 bridgehead atoms. The Balaban J connectivity index is 1.08. The Kier molecular flexibility index (Phi) is 7.77. The number of hydrogen-bond acceptors (Lipinski definition) is 4. The zero-order chi connectivity index (χ0) is 41.4. The van der Waals surface area contributed by atoms with Gasteiger partial charge in [0.15, 0.2) is 17.5 Å². The van der Waals surface area contributed by atoms with Crippen LogP contribution in [0.25, 0.3) is 117 Å². The summed E-state index contributed by atoms with van der Waals surface area (Å²) in [7, 11) is 0. The average Bonchev–Trinajstić information content (AvgIpc) is 3.99. The first kappa shape index (κ1) is 35.1. The highest BCUT2D eigenvalue weighted by Gasteiger charge is 2.21. The zero-order valence-electron chi connectivity index (χ0n) is 33.8. The SMILES string of the molecule is c1ccc(-c2nc(-c3ccccc3)nc(-c3ccc4c(c3)c3cc(-n5c6ccccc6c6ccccc65)ccc3n4-c3ccc4c(c3)c3cccnc3n4-c3ccccc3)n2)cc1. The lowest BCUT2D eigenvalue weighted by atomic mass is 10.1. The summed E-state index contributed by atoms with van der Waals surface area (Å²) < 4.78 is 7.04. The van der Waals surface area contributed by atoms with Crippen LogP contribution in [0, 0.1) is 0 Å².